The summed E-state index contributed by atoms with van der Waals surface area (Å²) in [6.45, 7) is 1.54. The van der Waals surface area contributed by atoms with Gasteiger partial charge in [-0.15, -0.1) is 0 Å². The van der Waals surface area contributed by atoms with Crippen molar-refractivity contribution < 1.29 is 9.59 Å². The molecule has 6 nitrogen and oxygen atoms in total. The van der Waals surface area contributed by atoms with E-state index in [4.69, 9.17) is 5.73 Å². The van der Waals surface area contributed by atoms with Gasteiger partial charge in [0.2, 0.25) is 5.91 Å². The average Bonchev–Trinajstić information content (AvgIpc) is 3.25. The number of benzene rings is 1. The Hall–Kier alpha value is -2.08. The van der Waals surface area contributed by atoms with Crippen molar-refractivity contribution in [2.45, 2.75) is 51.0 Å². The smallest absolute Gasteiger partial charge is 0.321 e. The molecule has 3 fully saturated rings. The molecule has 1 heterocycles. The molecule has 146 valence electrons. The number of nitrogens with zero attached hydrogens (tertiary/aromatic N) is 1. The Morgan fingerprint density at radius 3 is 2.44 bits per heavy atom. The van der Waals surface area contributed by atoms with Gasteiger partial charge in [0.1, 0.15) is 0 Å². The number of hydrogen-bond donors (Lipinski definition) is 3. The van der Waals surface area contributed by atoms with Gasteiger partial charge in [0.15, 0.2) is 0 Å². The van der Waals surface area contributed by atoms with Crippen molar-refractivity contribution in [2.75, 3.05) is 23.7 Å². The molecule has 2 aliphatic carbocycles. The van der Waals surface area contributed by atoms with E-state index in [1.54, 1.807) is 0 Å². The summed E-state index contributed by atoms with van der Waals surface area (Å²) in [7, 11) is 0. The molecular formula is C21H30N4O2. The number of anilines is 2. The number of carbonyl (C=O) groups is 2. The summed E-state index contributed by atoms with van der Waals surface area (Å²) in [6, 6.07) is 7.58. The fourth-order valence-electron chi connectivity index (χ4n) is 4.96. The predicted molar refractivity (Wildman–Crippen MR) is 106 cm³/mol. The van der Waals surface area contributed by atoms with Crippen LogP contribution in [0.15, 0.2) is 24.3 Å². The molecule has 2 saturated carbocycles. The first kappa shape index (κ1) is 18.3. The van der Waals surface area contributed by atoms with E-state index in [-0.39, 0.29) is 23.9 Å². The van der Waals surface area contributed by atoms with Crippen molar-refractivity contribution >= 4 is 23.3 Å². The topological polar surface area (TPSA) is 87.5 Å². The first-order valence-corrected chi connectivity index (χ1v) is 10.3. The molecule has 0 bridgehead atoms. The number of hydrogen-bond acceptors (Lipinski definition) is 3. The second kappa shape index (κ2) is 7.89. The highest BCUT2D eigenvalue weighted by Crippen LogP contribution is 2.37. The number of carbonyl (C=O) groups excluding carboxylic acids is 2. The molecule has 4 N–H and O–H groups in total. The van der Waals surface area contributed by atoms with E-state index in [0.29, 0.717) is 17.5 Å². The number of nitrogens with two attached hydrogens (primary N) is 1. The summed E-state index contributed by atoms with van der Waals surface area (Å²) in [5.41, 5.74) is 7.61. The number of nitrogens with one attached hydrogen (secondary N) is 2. The zero-order valence-corrected chi connectivity index (χ0v) is 15.8. The summed E-state index contributed by atoms with van der Waals surface area (Å²) >= 11 is 0. The number of amides is 3. The van der Waals surface area contributed by atoms with Crippen LogP contribution in [-0.2, 0) is 4.79 Å². The number of fused-ring (bicyclic) bond motifs is 1. The molecule has 0 radical (unpaired) electrons. The van der Waals surface area contributed by atoms with Crippen LogP contribution in [0, 0.1) is 17.8 Å². The minimum atomic E-state index is -0.0765. The highest BCUT2D eigenvalue weighted by atomic mass is 16.2. The lowest BCUT2D eigenvalue weighted by Crippen LogP contribution is -2.36. The summed E-state index contributed by atoms with van der Waals surface area (Å²) in [5.74, 6) is 1.20. The van der Waals surface area contributed by atoms with Crippen LogP contribution in [0.25, 0.3) is 0 Å². The van der Waals surface area contributed by atoms with Gasteiger partial charge in [0.05, 0.1) is 0 Å². The van der Waals surface area contributed by atoms with E-state index in [1.165, 1.54) is 6.42 Å². The van der Waals surface area contributed by atoms with Crippen molar-refractivity contribution in [3.8, 4) is 0 Å². The third-order valence-electron chi connectivity index (χ3n) is 6.56. The van der Waals surface area contributed by atoms with E-state index in [1.807, 2.05) is 29.2 Å². The van der Waals surface area contributed by atoms with Crippen LogP contribution in [0.4, 0.5) is 16.2 Å². The van der Waals surface area contributed by atoms with Crippen molar-refractivity contribution in [2.24, 2.45) is 23.5 Å². The highest BCUT2D eigenvalue weighted by Gasteiger charge is 2.42. The van der Waals surface area contributed by atoms with E-state index in [2.05, 4.69) is 10.6 Å². The second-order valence-corrected chi connectivity index (χ2v) is 8.41. The zero-order valence-electron chi connectivity index (χ0n) is 15.8. The fraction of sp³-hybridized carbons (Fsp3) is 0.619. The molecule has 1 saturated heterocycles. The normalized spacial score (nSPS) is 28.0. The monoisotopic (exact) mass is 370 g/mol. The van der Waals surface area contributed by atoms with Crippen molar-refractivity contribution in [3.63, 3.8) is 0 Å². The van der Waals surface area contributed by atoms with Crippen LogP contribution in [-0.4, -0.2) is 36.0 Å². The third-order valence-corrected chi connectivity index (χ3v) is 6.56. The number of rotatable bonds is 3. The molecule has 4 rings (SSSR count). The van der Waals surface area contributed by atoms with Gasteiger partial charge in [-0.1, -0.05) is 25.3 Å². The Morgan fingerprint density at radius 1 is 0.963 bits per heavy atom. The summed E-state index contributed by atoms with van der Waals surface area (Å²) in [5, 5.41) is 5.99. The average molecular weight is 370 g/mol. The molecular weight excluding hydrogens is 340 g/mol. The van der Waals surface area contributed by atoms with E-state index < -0.39 is 0 Å². The van der Waals surface area contributed by atoms with Gasteiger partial charge in [-0.05, 0) is 55.7 Å². The largest absolute Gasteiger partial charge is 0.327 e. The lowest BCUT2D eigenvalue weighted by molar-refractivity contribution is -0.120. The molecule has 27 heavy (non-hydrogen) atoms. The SMILES string of the molecule is NC1CCC2CN(C(=O)Nc3cccc(NC(=O)C4CCCCC4)c3)CC12. The van der Waals surface area contributed by atoms with Crippen molar-refractivity contribution in [1.82, 2.24) is 4.90 Å². The van der Waals surface area contributed by atoms with Crippen molar-refractivity contribution in [1.29, 1.82) is 0 Å². The highest BCUT2D eigenvalue weighted by molar-refractivity contribution is 5.94. The Morgan fingerprint density at radius 2 is 1.70 bits per heavy atom. The van der Waals surface area contributed by atoms with Crippen LogP contribution in [0.1, 0.15) is 44.9 Å². The van der Waals surface area contributed by atoms with Crippen LogP contribution in [0.3, 0.4) is 0 Å². The molecule has 3 amide bonds. The third kappa shape index (κ3) is 4.10. The molecule has 3 aliphatic rings. The van der Waals surface area contributed by atoms with Crippen LogP contribution in [0.2, 0.25) is 0 Å². The van der Waals surface area contributed by atoms with Crippen molar-refractivity contribution in [3.05, 3.63) is 24.3 Å². The van der Waals surface area contributed by atoms with Gasteiger partial charge in [-0.2, -0.15) is 0 Å². The lowest BCUT2D eigenvalue weighted by atomic mass is 9.88. The maximum absolute atomic E-state index is 12.6. The van der Waals surface area contributed by atoms with Gasteiger partial charge in [-0.25, -0.2) is 4.79 Å². The summed E-state index contributed by atoms with van der Waals surface area (Å²) in [4.78, 5) is 26.9. The quantitative estimate of drug-likeness (QED) is 0.762. The first-order valence-electron chi connectivity index (χ1n) is 10.3. The molecule has 3 atom stereocenters. The van der Waals surface area contributed by atoms with Gasteiger partial charge in [0.25, 0.3) is 0 Å². The molecule has 6 heteroatoms. The van der Waals surface area contributed by atoms with E-state index in [0.717, 1.165) is 57.3 Å². The second-order valence-electron chi connectivity index (χ2n) is 8.41. The Labute approximate surface area is 160 Å². The Balaban J connectivity index is 1.34. The van der Waals surface area contributed by atoms with Gasteiger partial charge >= 0.3 is 6.03 Å². The molecule has 0 spiro atoms. The van der Waals surface area contributed by atoms with Gasteiger partial charge in [-0.3, -0.25) is 4.79 Å². The first-order chi connectivity index (χ1) is 13.1. The predicted octanol–water partition coefficient (Wildman–Crippen LogP) is 3.41. The standard InChI is InChI=1S/C21H30N4O2/c22-19-10-9-15-12-25(13-18(15)19)21(27)24-17-8-4-7-16(11-17)23-20(26)14-5-2-1-3-6-14/h4,7-8,11,14-15,18-19H,1-3,5-6,9-10,12-13,22H2,(H,23,26)(H,24,27). The lowest BCUT2D eigenvalue weighted by Gasteiger charge is -2.21. The van der Waals surface area contributed by atoms with Gasteiger partial charge < -0.3 is 21.3 Å². The molecule has 0 aromatic heterocycles. The van der Waals surface area contributed by atoms with Crippen LogP contribution < -0.4 is 16.4 Å². The molecule has 1 aromatic rings. The molecule has 1 aliphatic heterocycles. The fourth-order valence-corrected chi connectivity index (χ4v) is 4.96. The zero-order chi connectivity index (χ0) is 18.8. The molecule has 3 unspecified atom stereocenters. The number of likely N-dealkylation sites (tertiary alicyclic amines) is 1. The van der Waals surface area contributed by atoms with Crippen LogP contribution >= 0.6 is 0 Å². The van der Waals surface area contributed by atoms with Crippen LogP contribution in [0.5, 0.6) is 0 Å². The minimum Gasteiger partial charge on any atom is -0.327 e. The summed E-state index contributed by atoms with van der Waals surface area (Å²) < 4.78 is 0. The van der Waals surface area contributed by atoms with E-state index in [9.17, 15) is 9.59 Å². The van der Waals surface area contributed by atoms with E-state index >= 15 is 0 Å². The maximum Gasteiger partial charge on any atom is 0.321 e. The maximum atomic E-state index is 12.6. The number of urea groups is 1. The van der Waals surface area contributed by atoms with Gasteiger partial charge in [0, 0.05) is 36.4 Å². The Bertz CT molecular complexity index is 701. The molecule has 1 aromatic carbocycles. The summed E-state index contributed by atoms with van der Waals surface area (Å²) in [6.07, 6.45) is 7.65. The minimum absolute atomic E-state index is 0.0765. The Kier molecular flexibility index (Phi) is 5.34.